The Labute approximate surface area is 143 Å². The first-order valence-electron chi connectivity index (χ1n) is 8.63. The number of carbonyl (C=O) groups is 1. The van der Waals surface area contributed by atoms with Gasteiger partial charge in [-0.25, -0.2) is 0 Å². The highest BCUT2D eigenvalue weighted by Gasteiger charge is 2.24. The Bertz CT molecular complexity index is 723. The van der Waals surface area contributed by atoms with Crippen molar-refractivity contribution in [2.45, 2.75) is 26.8 Å². The van der Waals surface area contributed by atoms with Crippen molar-refractivity contribution in [2.75, 3.05) is 33.4 Å². The van der Waals surface area contributed by atoms with Crippen molar-refractivity contribution in [2.24, 2.45) is 5.92 Å². The third kappa shape index (κ3) is 3.62. The summed E-state index contributed by atoms with van der Waals surface area (Å²) in [5, 5.41) is 4.28. The second-order valence-electron chi connectivity index (χ2n) is 6.85. The summed E-state index contributed by atoms with van der Waals surface area (Å²) >= 11 is 0. The fraction of sp³-hybridized carbons (Fsp3) is 0.526. The number of hydrogen-bond donors (Lipinski definition) is 2. The number of methoxy groups -OCH3 is 1. The summed E-state index contributed by atoms with van der Waals surface area (Å²) in [5.41, 5.74) is 5.21. The summed E-state index contributed by atoms with van der Waals surface area (Å²) in [6.45, 7) is 8.29. The van der Waals surface area contributed by atoms with Gasteiger partial charge >= 0.3 is 0 Å². The number of H-pyrrole nitrogens is 1. The Balaban J connectivity index is 1.59. The summed E-state index contributed by atoms with van der Waals surface area (Å²) in [7, 11) is 1.54. The lowest BCUT2D eigenvalue weighted by Gasteiger charge is -2.16. The fourth-order valence-electron chi connectivity index (χ4n) is 3.60. The molecule has 1 amide bonds. The zero-order valence-corrected chi connectivity index (χ0v) is 14.8. The number of aromatic nitrogens is 1. The van der Waals surface area contributed by atoms with Crippen LogP contribution in [0.3, 0.4) is 0 Å². The Morgan fingerprint density at radius 3 is 3.00 bits per heavy atom. The van der Waals surface area contributed by atoms with Gasteiger partial charge in [-0.1, -0.05) is 18.2 Å². The first kappa shape index (κ1) is 17.0. The molecule has 1 aliphatic rings. The molecular formula is C19H27N3O2. The van der Waals surface area contributed by atoms with E-state index in [1.807, 2.05) is 0 Å². The normalized spacial score (nSPS) is 18.4. The number of likely N-dealkylation sites (tertiary alicyclic amines) is 1. The zero-order chi connectivity index (χ0) is 17.1. The van der Waals surface area contributed by atoms with Crippen LogP contribution in [0.4, 0.5) is 0 Å². The van der Waals surface area contributed by atoms with E-state index in [9.17, 15) is 4.79 Å². The van der Waals surface area contributed by atoms with E-state index in [1.54, 1.807) is 7.11 Å². The second-order valence-corrected chi connectivity index (χ2v) is 6.85. The number of hydrogen-bond acceptors (Lipinski definition) is 3. The van der Waals surface area contributed by atoms with Gasteiger partial charge in [-0.05, 0) is 43.9 Å². The minimum atomic E-state index is -0.0297. The third-order valence-electron chi connectivity index (χ3n) is 5.02. The predicted octanol–water partition coefficient (Wildman–Crippen LogP) is 2.37. The average Bonchev–Trinajstić information content (AvgIpc) is 3.13. The summed E-state index contributed by atoms with van der Waals surface area (Å²) < 4.78 is 4.84. The first-order chi connectivity index (χ1) is 11.6. The number of carbonyl (C=O) groups excluding carboxylic acids is 1. The minimum absolute atomic E-state index is 0.0297. The lowest BCUT2D eigenvalue weighted by molar-refractivity contribution is -0.124. The van der Waals surface area contributed by atoms with E-state index in [1.165, 1.54) is 27.7 Å². The van der Waals surface area contributed by atoms with Crippen LogP contribution in [0.25, 0.3) is 10.9 Å². The molecule has 0 bridgehead atoms. The van der Waals surface area contributed by atoms with Gasteiger partial charge in [-0.2, -0.15) is 0 Å². The van der Waals surface area contributed by atoms with Crippen LogP contribution in [-0.4, -0.2) is 49.1 Å². The van der Waals surface area contributed by atoms with Crippen molar-refractivity contribution < 1.29 is 9.53 Å². The van der Waals surface area contributed by atoms with Gasteiger partial charge < -0.3 is 15.0 Å². The highest BCUT2D eigenvalue weighted by molar-refractivity contribution is 5.86. The van der Waals surface area contributed by atoms with Crippen LogP contribution >= 0.6 is 0 Å². The van der Waals surface area contributed by atoms with Crippen LogP contribution < -0.4 is 5.32 Å². The van der Waals surface area contributed by atoms with E-state index >= 15 is 0 Å². The molecule has 2 aromatic rings. The van der Waals surface area contributed by atoms with Crippen molar-refractivity contribution in [3.63, 3.8) is 0 Å². The summed E-state index contributed by atoms with van der Waals surface area (Å²) in [6, 6.07) is 6.46. The number of aromatic amines is 1. The molecule has 1 aromatic heterocycles. The largest absolute Gasteiger partial charge is 0.375 e. The number of nitrogens with zero attached hydrogens (tertiary/aromatic N) is 1. The highest BCUT2D eigenvalue weighted by atomic mass is 16.5. The van der Waals surface area contributed by atoms with E-state index in [4.69, 9.17) is 4.74 Å². The SMILES string of the molecule is COCC(=O)NC[C@@H]1CCN(Cc2[nH]c3c(C)cccc3c2C)C1. The van der Waals surface area contributed by atoms with Crippen molar-refractivity contribution in [3.05, 3.63) is 35.0 Å². The zero-order valence-electron chi connectivity index (χ0n) is 14.8. The van der Waals surface area contributed by atoms with Gasteiger partial charge in [0.1, 0.15) is 6.61 Å². The quantitative estimate of drug-likeness (QED) is 0.855. The molecule has 2 N–H and O–H groups in total. The molecule has 3 rings (SSSR count). The molecule has 1 fully saturated rings. The molecule has 0 aliphatic carbocycles. The fourth-order valence-corrected chi connectivity index (χ4v) is 3.60. The van der Waals surface area contributed by atoms with Crippen molar-refractivity contribution >= 4 is 16.8 Å². The van der Waals surface area contributed by atoms with E-state index in [0.717, 1.165) is 32.6 Å². The van der Waals surface area contributed by atoms with Gasteiger partial charge in [-0.3, -0.25) is 9.69 Å². The molecule has 24 heavy (non-hydrogen) atoms. The molecule has 5 nitrogen and oxygen atoms in total. The maximum absolute atomic E-state index is 11.5. The molecule has 0 unspecified atom stereocenters. The predicted molar refractivity (Wildman–Crippen MR) is 96.0 cm³/mol. The molecular weight excluding hydrogens is 302 g/mol. The van der Waals surface area contributed by atoms with Crippen LogP contribution in [-0.2, 0) is 16.1 Å². The number of nitrogens with one attached hydrogen (secondary N) is 2. The Morgan fingerprint density at radius 2 is 2.25 bits per heavy atom. The molecule has 1 aliphatic heterocycles. The van der Waals surface area contributed by atoms with E-state index in [2.05, 4.69) is 47.2 Å². The van der Waals surface area contributed by atoms with Crippen LogP contribution in [0.5, 0.6) is 0 Å². The van der Waals surface area contributed by atoms with Gasteiger partial charge in [0.2, 0.25) is 5.91 Å². The Kier molecular flexibility index (Phi) is 5.21. The molecule has 0 radical (unpaired) electrons. The lowest BCUT2D eigenvalue weighted by atomic mass is 10.1. The lowest BCUT2D eigenvalue weighted by Crippen LogP contribution is -2.33. The number of benzene rings is 1. The molecule has 130 valence electrons. The first-order valence-corrected chi connectivity index (χ1v) is 8.63. The standard InChI is InChI=1S/C19H27N3O2/c1-13-5-4-6-16-14(2)17(21-19(13)16)11-22-8-7-15(10-22)9-20-18(23)12-24-3/h4-6,15,21H,7-12H2,1-3H3,(H,20,23)/t15-/m0/s1. The van der Waals surface area contributed by atoms with Crippen molar-refractivity contribution in [1.82, 2.24) is 15.2 Å². The van der Waals surface area contributed by atoms with Gasteiger partial charge in [-0.15, -0.1) is 0 Å². The van der Waals surface area contributed by atoms with Crippen LogP contribution in [0, 0.1) is 19.8 Å². The highest BCUT2D eigenvalue weighted by Crippen LogP contribution is 2.26. The molecule has 2 heterocycles. The Hall–Kier alpha value is -1.85. The Morgan fingerprint density at radius 1 is 1.42 bits per heavy atom. The van der Waals surface area contributed by atoms with Gasteiger partial charge in [0.25, 0.3) is 0 Å². The number of rotatable bonds is 6. The van der Waals surface area contributed by atoms with Gasteiger partial charge in [0.05, 0.1) is 0 Å². The van der Waals surface area contributed by atoms with Gasteiger partial charge in [0, 0.05) is 43.3 Å². The summed E-state index contributed by atoms with van der Waals surface area (Å²) in [5.74, 6) is 0.495. The van der Waals surface area contributed by atoms with Crippen molar-refractivity contribution in [3.8, 4) is 0 Å². The maximum Gasteiger partial charge on any atom is 0.245 e. The molecule has 1 saturated heterocycles. The van der Waals surface area contributed by atoms with E-state index < -0.39 is 0 Å². The average molecular weight is 329 g/mol. The molecule has 1 aromatic carbocycles. The number of para-hydroxylation sites is 1. The smallest absolute Gasteiger partial charge is 0.245 e. The summed E-state index contributed by atoms with van der Waals surface area (Å²) in [4.78, 5) is 17.6. The topological polar surface area (TPSA) is 57.4 Å². The molecule has 5 heteroatoms. The number of fused-ring (bicyclic) bond motifs is 1. The number of ether oxygens (including phenoxy) is 1. The van der Waals surface area contributed by atoms with E-state index in [0.29, 0.717) is 5.92 Å². The monoisotopic (exact) mass is 329 g/mol. The molecule has 0 saturated carbocycles. The third-order valence-corrected chi connectivity index (χ3v) is 5.02. The van der Waals surface area contributed by atoms with Crippen LogP contribution in [0.2, 0.25) is 0 Å². The van der Waals surface area contributed by atoms with E-state index in [-0.39, 0.29) is 12.5 Å². The molecule has 1 atom stereocenters. The number of amides is 1. The van der Waals surface area contributed by atoms with Crippen LogP contribution in [0.1, 0.15) is 23.2 Å². The summed E-state index contributed by atoms with van der Waals surface area (Å²) in [6.07, 6.45) is 1.13. The van der Waals surface area contributed by atoms with Crippen LogP contribution in [0.15, 0.2) is 18.2 Å². The minimum Gasteiger partial charge on any atom is -0.375 e. The van der Waals surface area contributed by atoms with Crippen molar-refractivity contribution in [1.29, 1.82) is 0 Å². The molecule has 0 spiro atoms. The number of aryl methyl sites for hydroxylation is 2. The second kappa shape index (κ2) is 7.36. The van der Waals surface area contributed by atoms with Gasteiger partial charge in [0.15, 0.2) is 0 Å². The maximum atomic E-state index is 11.5.